The van der Waals surface area contributed by atoms with Crippen LogP contribution in [0.2, 0.25) is 0 Å². The van der Waals surface area contributed by atoms with Gasteiger partial charge in [-0.3, -0.25) is 13.8 Å². The van der Waals surface area contributed by atoms with Gasteiger partial charge in [0.25, 0.3) is 0 Å². The number of carbonyl (C=O) groups is 2. The molecule has 1 aliphatic rings. The van der Waals surface area contributed by atoms with E-state index in [0.717, 1.165) is 32.1 Å². The molecule has 0 N–H and O–H groups in total. The minimum Gasteiger partial charge on any atom is -0.496 e. The molecule has 6 heteroatoms. The van der Waals surface area contributed by atoms with Gasteiger partial charge >= 0.3 is 0 Å². The smallest absolute Gasteiger partial charge is 0.206 e. The third-order valence-electron chi connectivity index (χ3n) is 4.21. The molecule has 1 aliphatic carbocycles. The summed E-state index contributed by atoms with van der Waals surface area (Å²) in [6.45, 7) is 2.13. The molecule has 5 nitrogen and oxygen atoms in total. The summed E-state index contributed by atoms with van der Waals surface area (Å²) in [4.78, 5) is 25.4. The van der Waals surface area contributed by atoms with Crippen LogP contribution in [0.3, 0.4) is 0 Å². The van der Waals surface area contributed by atoms with Crippen LogP contribution < -0.4 is 9.47 Å². The van der Waals surface area contributed by atoms with Crippen LogP contribution >= 0.6 is 0 Å². The Hall–Kier alpha value is -1.95. The highest BCUT2D eigenvalue weighted by molar-refractivity contribution is 7.90. The summed E-state index contributed by atoms with van der Waals surface area (Å²) in [6, 6.07) is 3.17. The first-order chi connectivity index (χ1) is 12.0. The number of hydrogen-bond acceptors (Lipinski definition) is 5. The van der Waals surface area contributed by atoms with Crippen molar-refractivity contribution in [2.75, 3.05) is 20.0 Å². The van der Waals surface area contributed by atoms with Gasteiger partial charge in [0, 0.05) is 11.8 Å². The van der Waals surface area contributed by atoms with Crippen LogP contribution in [-0.4, -0.2) is 35.7 Å². The van der Waals surface area contributed by atoms with E-state index in [-0.39, 0.29) is 21.8 Å². The molecule has 0 aliphatic heterocycles. The number of unbranched alkanes of at least 4 members (excludes halogenated alkanes) is 4. The van der Waals surface area contributed by atoms with E-state index in [9.17, 15) is 13.8 Å². The maximum Gasteiger partial charge on any atom is 0.206 e. The summed E-state index contributed by atoms with van der Waals surface area (Å²) in [6.07, 6.45) is 6.31. The standard InChI is InChI=1S/C19H24O5S/c1-4-5-6-7-8-11-25(22)16-12-13(20)17-14(23-2)9-10-15(24-3)18(17)19(16)21/h9-10,12H,4-8,11H2,1-3H3. The van der Waals surface area contributed by atoms with E-state index in [1.54, 1.807) is 12.1 Å². The molecule has 0 radical (unpaired) electrons. The van der Waals surface area contributed by atoms with Crippen molar-refractivity contribution < 1.29 is 23.3 Å². The van der Waals surface area contributed by atoms with Gasteiger partial charge in [0.15, 0.2) is 5.78 Å². The molecule has 0 heterocycles. The van der Waals surface area contributed by atoms with Crippen molar-refractivity contribution in [3.63, 3.8) is 0 Å². The molecule has 136 valence electrons. The second-order valence-electron chi connectivity index (χ2n) is 5.89. The van der Waals surface area contributed by atoms with Gasteiger partial charge in [0.1, 0.15) is 11.5 Å². The van der Waals surface area contributed by atoms with E-state index in [1.807, 2.05) is 0 Å². The summed E-state index contributed by atoms with van der Waals surface area (Å²) in [5.74, 6) is 0.197. The summed E-state index contributed by atoms with van der Waals surface area (Å²) >= 11 is 0. The second kappa shape index (κ2) is 8.94. The number of allylic oxidation sites excluding steroid dienone is 2. The average Bonchev–Trinajstić information content (AvgIpc) is 2.62. The number of carbonyl (C=O) groups excluding carboxylic acids is 2. The van der Waals surface area contributed by atoms with E-state index in [1.165, 1.54) is 20.3 Å². The molecular weight excluding hydrogens is 340 g/mol. The fourth-order valence-corrected chi connectivity index (χ4v) is 4.10. The number of Topliss-reactive ketones (excluding diaryl/α,β-unsaturated/α-hetero) is 1. The van der Waals surface area contributed by atoms with Crippen molar-refractivity contribution in [1.82, 2.24) is 0 Å². The Kier molecular flexibility index (Phi) is 6.93. The van der Waals surface area contributed by atoms with Crippen LogP contribution in [0.15, 0.2) is 23.1 Å². The molecule has 25 heavy (non-hydrogen) atoms. The second-order valence-corrected chi connectivity index (χ2v) is 7.43. The first kappa shape index (κ1) is 19.4. The predicted molar refractivity (Wildman–Crippen MR) is 98.1 cm³/mol. The molecule has 1 atom stereocenters. The van der Waals surface area contributed by atoms with Crippen LogP contribution in [0.1, 0.15) is 59.7 Å². The third-order valence-corrected chi connectivity index (χ3v) is 5.66. The van der Waals surface area contributed by atoms with Crippen molar-refractivity contribution in [1.29, 1.82) is 0 Å². The Labute approximate surface area is 150 Å². The molecule has 2 rings (SSSR count). The summed E-state index contributed by atoms with van der Waals surface area (Å²) in [7, 11) is 1.38. The number of ether oxygens (including phenoxy) is 2. The van der Waals surface area contributed by atoms with Crippen molar-refractivity contribution >= 4 is 22.4 Å². The molecule has 0 amide bonds. The molecule has 0 saturated heterocycles. The monoisotopic (exact) mass is 364 g/mol. The molecule has 1 aromatic carbocycles. The Morgan fingerprint density at radius 1 is 0.920 bits per heavy atom. The largest absolute Gasteiger partial charge is 0.496 e. The lowest BCUT2D eigenvalue weighted by atomic mass is 9.93. The van der Waals surface area contributed by atoms with E-state index < -0.39 is 16.6 Å². The molecule has 1 aromatic rings. The predicted octanol–water partition coefficient (Wildman–Crippen LogP) is 3.69. The van der Waals surface area contributed by atoms with Crippen LogP contribution in [0.25, 0.3) is 0 Å². The fraction of sp³-hybridized carbons (Fsp3) is 0.474. The average molecular weight is 364 g/mol. The first-order valence-electron chi connectivity index (χ1n) is 8.49. The minimum atomic E-state index is -1.49. The lowest BCUT2D eigenvalue weighted by molar-refractivity contribution is 0.0985. The van der Waals surface area contributed by atoms with Gasteiger partial charge in [-0.05, 0) is 18.6 Å². The normalized spacial score (nSPS) is 14.8. The zero-order chi connectivity index (χ0) is 18.4. The van der Waals surface area contributed by atoms with Gasteiger partial charge in [-0.25, -0.2) is 0 Å². The molecule has 0 spiro atoms. The Morgan fingerprint density at radius 2 is 1.52 bits per heavy atom. The maximum absolute atomic E-state index is 12.8. The topological polar surface area (TPSA) is 69.7 Å². The molecule has 1 unspecified atom stereocenters. The van der Waals surface area contributed by atoms with Gasteiger partial charge in [-0.15, -0.1) is 0 Å². The third kappa shape index (κ3) is 4.18. The SMILES string of the molecule is CCCCCCCS(=O)C1=CC(=O)c2c(OC)ccc(OC)c2C1=O. The number of ketones is 2. The Balaban J connectivity index is 2.25. The molecule has 0 fully saturated rings. The Morgan fingerprint density at radius 3 is 2.12 bits per heavy atom. The summed E-state index contributed by atoms with van der Waals surface area (Å²) < 4.78 is 23.0. The van der Waals surface area contributed by atoms with Gasteiger partial charge in [0.05, 0.1) is 41.1 Å². The maximum atomic E-state index is 12.8. The Bertz CT molecular complexity index is 721. The molecule has 0 saturated carbocycles. The highest BCUT2D eigenvalue weighted by Gasteiger charge is 2.34. The zero-order valence-electron chi connectivity index (χ0n) is 14.9. The van der Waals surface area contributed by atoms with Gasteiger partial charge in [-0.2, -0.15) is 0 Å². The van der Waals surface area contributed by atoms with Gasteiger partial charge in [-0.1, -0.05) is 32.6 Å². The number of hydrogen-bond donors (Lipinski definition) is 0. The van der Waals surface area contributed by atoms with E-state index >= 15 is 0 Å². The molecular formula is C19H24O5S. The van der Waals surface area contributed by atoms with E-state index in [4.69, 9.17) is 9.47 Å². The quantitative estimate of drug-likeness (QED) is 0.625. The van der Waals surface area contributed by atoms with Crippen molar-refractivity contribution in [3.8, 4) is 11.5 Å². The number of benzene rings is 1. The lowest BCUT2D eigenvalue weighted by Crippen LogP contribution is -2.22. The summed E-state index contributed by atoms with van der Waals surface area (Å²) in [5.41, 5.74) is 0.319. The minimum absolute atomic E-state index is 0.0551. The van der Waals surface area contributed by atoms with Gasteiger partial charge in [0.2, 0.25) is 5.78 Å². The highest BCUT2D eigenvalue weighted by atomic mass is 32.2. The van der Waals surface area contributed by atoms with Crippen LogP contribution in [0, 0.1) is 0 Å². The highest BCUT2D eigenvalue weighted by Crippen LogP contribution is 2.36. The van der Waals surface area contributed by atoms with Crippen molar-refractivity contribution in [2.45, 2.75) is 39.0 Å². The molecule has 0 aromatic heterocycles. The fourth-order valence-electron chi connectivity index (χ4n) is 2.87. The molecule has 0 bridgehead atoms. The van der Waals surface area contributed by atoms with E-state index in [0.29, 0.717) is 17.3 Å². The lowest BCUT2D eigenvalue weighted by Gasteiger charge is -2.19. The van der Waals surface area contributed by atoms with Crippen LogP contribution in [-0.2, 0) is 10.8 Å². The number of methoxy groups -OCH3 is 2. The van der Waals surface area contributed by atoms with E-state index in [2.05, 4.69) is 6.92 Å². The zero-order valence-corrected chi connectivity index (χ0v) is 15.7. The van der Waals surface area contributed by atoms with Crippen LogP contribution in [0.4, 0.5) is 0 Å². The number of fused-ring (bicyclic) bond motifs is 1. The summed E-state index contributed by atoms with van der Waals surface area (Å²) in [5, 5.41) is 0. The van der Waals surface area contributed by atoms with Crippen LogP contribution in [0.5, 0.6) is 11.5 Å². The number of rotatable bonds is 9. The van der Waals surface area contributed by atoms with Crippen molar-refractivity contribution in [3.05, 3.63) is 34.2 Å². The van der Waals surface area contributed by atoms with Gasteiger partial charge < -0.3 is 9.47 Å². The van der Waals surface area contributed by atoms with Crippen molar-refractivity contribution in [2.24, 2.45) is 0 Å². The first-order valence-corrected chi connectivity index (χ1v) is 9.81.